The van der Waals surface area contributed by atoms with Crippen molar-refractivity contribution in [2.24, 2.45) is 5.92 Å². The van der Waals surface area contributed by atoms with Gasteiger partial charge >= 0.3 is 0 Å². The van der Waals surface area contributed by atoms with Gasteiger partial charge in [-0.1, -0.05) is 63.9 Å². The highest BCUT2D eigenvalue weighted by Gasteiger charge is 2.54. The van der Waals surface area contributed by atoms with Crippen LogP contribution in [0.25, 0.3) is 0 Å². The summed E-state index contributed by atoms with van der Waals surface area (Å²) in [5, 5.41) is 0. The molecule has 2 aliphatic heterocycles. The fourth-order valence-electron chi connectivity index (χ4n) is 4.66. The van der Waals surface area contributed by atoms with Crippen LogP contribution in [0.1, 0.15) is 39.5 Å². The van der Waals surface area contributed by atoms with Crippen molar-refractivity contribution >= 4 is 8.32 Å². The van der Waals surface area contributed by atoms with Crippen molar-refractivity contribution in [2.75, 3.05) is 13.7 Å². The second-order valence-electron chi connectivity index (χ2n) is 8.32. The smallest absolute Gasteiger partial charge is 0.192 e. The summed E-state index contributed by atoms with van der Waals surface area (Å²) in [7, 11) is -0.250. The zero-order valence-corrected chi connectivity index (χ0v) is 19.9. The molecular formula is C24H36O5Si. The van der Waals surface area contributed by atoms with Crippen LogP contribution in [0.3, 0.4) is 0 Å². The van der Waals surface area contributed by atoms with Gasteiger partial charge in [0.1, 0.15) is 24.4 Å². The van der Waals surface area contributed by atoms with E-state index in [2.05, 4.69) is 33.6 Å². The minimum absolute atomic E-state index is 0.0216. The zero-order valence-electron chi connectivity index (χ0n) is 18.9. The minimum Gasteiger partial charge on any atom is -0.409 e. The normalized spacial score (nSPS) is 31.0. The molecule has 7 atom stereocenters. The fraction of sp³-hybridized carbons (Fsp3) is 0.667. The van der Waals surface area contributed by atoms with Crippen LogP contribution in [0, 0.1) is 18.3 Å². The Morgan fingerprint density at radius 1 is 1.13 bits per heavy atom. The van der Waals surface area contributed by atoms with Crippen LogP contribution in [0.5, 0.6) is 0 Å². The molecule has 166 valence electrons. The first-order valence-corrected chi connectivity index (χ1v) is 13.7. The van der Waals surface area contributed by atoms with Crippen molar-refractivity contribution in [3.63, 3.8) is 0 Å². The van der Waals surface area contributed by atoms with E-state index in [1.165, 1.54) is 0 Å². The Morgan fingerprint density at radius 2 is 1.80 bits per heavy atom. The standard InChI is InChI=1S/C24H36O5Si/c1-7-19(25-6)17(5)21-23(29-30(8-2,9-3)10-4)22-20(27-21)16-26-24(28-22)18-14-12-11-13-15-18/h1,11-15,17,19-24H,8-10,16H2,2-6H3/t17-,19-,20-,21+,22+,23-,24+/m1/s1. The van der Waals surface area contributed by atoms with Crippen molar-refractivity contribution < 1.29 is 23.4 Å². The zero-order chi connectivity index (χ0) is 21.7. The molecule has 2 fully saturated rings. The Bertz CT molecular complexity index is 693. The predicted molar refractivity (Wildman–Crippen MR) is 120 cm³/mol. The van der Waals surface area contributed by atoms with Gasteiger partial charge in [0, 0.05) is 18.6 Å². The second-order valence-corrected chi connectivity index (χ2v) is 13.0. The summed E-state index contributed by atoms with van der Waals surface area (Å²) in [5.41, 5.74) is 1.01. The van der Waals surface area contributed by atoms with Gasteiger partial charge in [0.25, 0.3) is 0 Å². The van der Waals surface area contributed by atoms with Crippen molar-refractivity contribution in [3.05, 3.63) is 35.9 Å². The van der Waals surface area contributed by atoms with E-state index in [0.29, 0.717) is 6.61 Å². The van der Waals surface area contributed by atoms with Crippen LogP contribution in [0.4, 0.5) is 0 Å². The van der Waals surface area contributed by atoms with Crippen LogP contribution in [-0.2, 0) is 23.4 Å². The van der Waals surface area contributed by atoms with E-state index in [-0.39, 0.29) is 36.4 Å². The number of terminal acetylenes is 1. The molecule has 0 bridgehead atoms. The number of methoxy groups -OCH3 is 1. The van der Waals surface area contributed by atoms with E-state index < -0.39 is 14.6 Å². The summed E-state index contributed by atoms with van der Waals surface area (Å²) in [4.78, 5) is 0. The summed E-state index contributed by atoms with van der Waals surface area (Å²) < 4.78 is 31.5. The van der Waals surface area contributed by atoms with E-state index in [1.807, 2.05) is 30.3 Å². The fourth-order valence-corrected chi connectivity index (χ4v) is 7.50. The van der Waals surface area contributed by atoms with Crippen molar-refractivity contribution in [2.45, 2.75) is 82.6 Å². The Morgan fingerprint density at radius 3 is 2.37 bits per heavy atom. The molecule has 30 heavy (non-hydrogen) atoms. The summed E-state index contributed by atoms with van der Waals surface area (Å²) in [6.07, 6.45) is 4.23. The van der Waals surface area contributed by atoms with E-state index >= 15 is 0 Å². The molecule has 0 spiro atoms. The minimum atomic E-state index is -1.90. The molecule has 0 N–H and O–H groups in total. The van der Waals surface area contributed by atoms with Gasteiger partial charge in [-0.3, -0.25) is 0 Å². The molecule has 0 aliphatic carbocycles. The van der Waals surface area contributed by atoms with Crippen LogP contribution in [-0.4, -0.2) is 52.6 Å². The number of ether oxygens (including phenoxy) is 4. The molecule has 0 amide bonds. The van der Waals surface area contributed by atoms with Gasteiger partial charge < -0.3 is 23.4 Å². The first-order valence-electron chi connectivity index (χ1n) is 11.2. The van der Waals surface area contributed by atoms with Crippen LogP contribution >= 0.6 is 0 Å². The Hall–Kier alpha value is -1.20. The third kappa shape index (κ3) is 4.67. The molecule has 1 aromatic rings. The molecule has 1 aromatic carbocycles. The number of rotatable bonds is 9. The van der Waals surface area contributed by atoms with Gasteiger partial charge in [0.05, 0.1) is 12.7 Å². The Balaban J connectivity index is 1.89. The average molecular weight is 433 g/mol. The molecule has 2 saturated heterocycles. The van der Waals surface area contributed by atoms with Gasteiger partial charge in [-0.25, -0.2) is 0 Å². The summed E-state index contributed by atoms with van der Waals surface area (Å²) in [6, 6.07) is 13.2. The molecule has 0 radical (unpaired) electrons. The lowest BCUT2D eigenvalue weighted by molar-refractivity contribution is -0.251. The second kappa shape index (κ2) is 10.4. The monoisotopic (exact) mass is 432 g/mol. The molecular weight excluding hydrogens is 396 g/mol. The quantitative estimate of drug-likeness (QED) is 0.423. The molecule has 0 aromatic heterocycles. The van der Waals surface area contributed by atoms with Gasteiger partial charge in [-0.05, 0) is 18.1 Å². The molecule has 0 saturated carbocycles. The highest BCUT2D eigenvalue weighted by molar-refractivity contribution is 6.73. The van der Waals surface area contributed by atoms with Crippen LogP contribution < -0.4 is 0 Å². The highest BCUT2D eigenvalue weighted by Crippen LogP contribution is 2.41. The third-order valence-electron chi connectivity index (χ3n) is 6.84. The molecule has 6 heteroatoms. The van der Waals surface area contributed by atoms with Crippen LogP contribution in [0.2, 0.25) is 18.1 Å². The number of hydrogen-bond donors (Lipinski definition) is 0. The topological polar surface area (TPSA) is 46.2 Å². The summed E-state index contributed by atoms with van der Waals surface area (Å²) in [5.74, 6) is 2.73. The van der Waals surface area contributed by atoms with E-state index in [0.717, 1.165) is 23.7 Å². The maximum absolute atomic E-state index is 6.98. The summed E-state index contributed by atoms with van der Waals surface area (Å²) >= 11 is 0. The SMILES string of the molecule is C#C[C@@H](OC)[C@@H](C)[C@@H]1O[C@@H]2CO[C@H](c3ccccc3)O[C@@H]2[C@@H]1O[Si](CC)(CC)CC. The van der Waals surface area contributed by atoms with Gasteiger partial charge in [0.2, 0.25) is 0 Å². The largest absolute Gasteiger partial charge is 0.409 e. The first kappa shape index (κ1) is 23.5. The molecule has 3 rings (SSSR count). The summed E-state index contributed by atoms with van der Waals surface area (Å²) in [6.45, 7) is 9.26. The maximum Gasteiger partial charge on any atom is 0.192 e. The van der Waals surface area contributed by atoms with Gasteiger partial charge in [-0.2, -0.15) is 0 Å². The lowest BCUT2D eigenvalue weighted by Crippen LogP contribution is -2.51. The molecule has 0 unspecified atom stereocenters. The average Bonchev–Trinajstić information content (AvgIpc) is 3.16. The van der Waals surface area contributed by atoms with Crippen molar-refractivity contribution in [1.82, 2.24) is 0 Å². The number of hydrogen-bond acceptors (Lipinski definition) is 5. The van der Waals surface area contributed by atoms with Crippen molar-refractivity contribution in [3.8, 4) is 12.3 Å². The van der Waals surface area contributed by atoms with Gasteiger partial charge in [0.15, 0.2) is 14.6 Å². The highest BCUT2D eigenvalue weighted by atomic mass is 28.4. The molecule has 2 heterocycles. The number of benzene rings is 1. The van der Waals surface area contributed by atoms with E-state index in [9.17, 15) is 0 Å². The number of fused-ring (bicyclic) bond motifs is 1. The predicted octanol–water partition coefficient (Wildman–Crippen LogP) is 4.54. The lowest BCUT2D eigenvalue weighted by Gasteiger charge is -2.39. The maximum atomic E-state index is 6.98. The molecule has 2 aliphatic rings. The Labute approximate surface area is 182 Å². The molecule has 5 nitrogen and oxygen atoms in total. The van der Waals surface area contributed by atoms with Crippen LogP contribution in [0.15, 0.2) is 30.3 Å². The van der Waals surface area contributed by atoms with Crippen molar-refractivity contribution in [1.29, 1.82) is 0 Å². The van der Waals surface area contributed by atoms with E-state index in [4.69, 9.17) is 29.8 Å². The lowest BCUT2D eigenvalue weighted by atomic mass is 9.93. The first-order chi connectivity index (χ1) is 14.5. The van der Waals surface area contributed by atoms with E-state index in [1.54, 1.807) is 7.11 Å². The third-order valence-corrected chi connectivity index (χ3v) is 11.5. The Kier molecular flexibility index (Phi) is 8.14. The van der Waals surface area contributed by atoms with Gasteiger partial charge in [-0.15, -0.1) is 6.42 Å².